The molecule has 0 saturated carbocycles. The van der Waals surface area contributed by atoms with Crippen LogP contribution in [0.15, 0.2) is 53.4 Å². The summed E-state index contributed by atoms with van der Waals surface area (Å²) in [6, 6.07) is 13.2. The van der Waals surface area contributed by atoms with Crippen LogP contribution in [0.4, 0.5) is 0 Å². The highest BCUT2D eigenvalue weighted by Gasteiger charge is 2.20. The normalized spacial score (nSPS) is 12.4. The number of carbonyl (C=O) groups is 2. The van der Waals surface area contributed by atoms with Crippen LogP contribution in [0.25, 0.3) is 0 Å². The fraction of sp³-hybridized carbons (Fsp3) is 0.333. The molecule has 8 heteroatoms. The van der Waals surface area contributed by atoms with Crippen LogP contribution < -0.4 is 5.32 Å². The Morgan fingerprint density at radius 3 is 2.34 bits per heavy atom. The van der Waals surface area contributed by atoms with Crippen molar-refractivity contribution in [1.82, 2.24) is 9.62 Å². The van der Waals surface area contributed by atoms with Crippen LogP contribution in [0, 0.1) is 6.92 Å². The van der Waals surface area contributed by atoms with Gasteiger partial charge < -0.3 is 10.1 Å². The number of ether oxygens (including phenoxy) is 1. The molecular formula is C21H26N2O5S. The average molecular weight is 419 g/mol. The Bertz CT molecular complexity index is 969. The monoisotopic (exact) mass is 418 g/mol. The van der Waals surface area contributed by atoms with Crippen molar-refractivity contribution in [2.24, 2.45) is 0 Å². The van der Waals surface area contributed by atoms with Crippen LogP contribution in [0.5, 0.6) is 0 Å². The summed E-state index contributed by atoms with van der Waals surface area (Å²) >= 11 is 0. The maximum Gasteiger partial charge on any atom is 0.338 e. The maximum atomic E-state index is 12.3. The molecule has 1 atom stereocenters. The molecule has 2 rings (SSSR count). The van der Waals surface area contributed by atoms with Gasteiger partial charge in [0.05, 0.1) is 16.5 Å². The second kappa shape index (κ2) is 9.67. The van der Waals surface area contributed by atoms with Gasteiger partial charge in [-0.25, -0.2) is 17.5 Å². The Morgan fingerprint density at radius 2 is 1.76 bits per heavy atom. The van der Waals surface area contributed by atoms with Gasteiger partial charge in [0, 0.05) is 14.1 Å². The molecule has 0 spiro atoms. The molecule has 0 unspecified atom stereocenters. The van der Waals surface area contributed by atoms with Crippen molar-refractivity contribution in [3.63, 3.8) is 0 Å². The number of carbonyl (C=O) groups excluding carboxylic acids is 2. The predicted molar refractivity (Wildman–Crippen MR) is 110 cm³/mol. The van der Waals surface area contributed by atoms with Gasteiger partial charge in [-0.05, 0) is 37.1 Å². The van der Waals surface area contributed by atoms with Crippen molar-refractivity contribution in [2.75, 3.05) is 20.7 Å². The number of hydrogen-bond donors (Lipinski definition) is 1. The lowest BCUT2D eigenvalue weighted by molar-refractivity contribution is -0.125. The van der Waals surface area contributed by atoms with Crippen LogP contribution in [-0.2, 0) is 19.6 Å². The number of rotatable bonds is 8. The van der Waals surface area contributed by atoms with Crippen LogP contribution >= 0.6 is 0 Å². The molecule has 7 nitrogen and oxygen atoms in total. The quantitative estimate of drug-likeness (QED) is 0.666. The van der Waals surface area contributed by atoms with Crippen molar-refractivity contribution < 1.29 is 22.7 Å². The maximum absolute atomic E-state index is 12.3. The van der Waals surface area contributed by atoms with Gasteiger partial charge in [0.15, 0.2) is 6.61 Å². The smallest absolute Gasteiger partial charge is 0.338 e. The number of amides is 1. The minimum Gasteiger partial charge on any atom is -0.452 e. The lowest BCUT2D eigenvalue weighted by Crippen LogP contribution is -2.32. The Labute approximate surface area is 171 Å². The molecular weight excluding hydrogens is 392 g/mol. The van der Waals surface area contributed by atoms with E-state index in [0.29, 0.717) is 6.42 Å². The third-order valence-electron chi connectivity index (χ3n) is 4.41. The number of esters is 1. The molecule has 2 aromatic rings. The van der Waals surface area contributed by atoms with Gasteiger partial charge in [-0.2, -0.15) is 0 Å². The minimum absolute atomic E-state index is 0.0215. The highest BCUT2D eigenvalue weighted by molar-refractivity contribution is 7.89. The summed E-state index contributed by atoms with van der Waals surface area (Å²) in [5.41, 5.74) is 2.16. The van der Waals surface area contributed by atoms with E-state index in [0.717, 1.165) is 15.4 Å². The van der Waals surface area contributed by atoms with Crippen molar-refractivity contribution in [3.8, 4) is 0 Å². The van der Waals surface area contributed by atoms with Gasteiger partial charge in [-0.15, -0.1) is 0 Å². The molecule has 1 N–H and O–H groups in total. The van der Waals surface area contributed by atoms with Crippen LogP contribution in [0.1, 0.15) is 40.9 Å². The average Bonchev–Trinajstić information content (AvgIpc) is 2.71. The Kier molecular flexibility index (Phi) is 7.53. The molecule has 156 valence electrons. The van der Waals surface area contributed by atoms with Gasteiger partial charge in [-0.3, -0.25) is 4.79 Å². The van der Waals surface area contributed by atoms with E-state index in [1.54, 1.807) is 0 Å². The zero-order chi connectivity index (χ0) is 21.6. The van der Waals surface area contributed by atoms with E-state index in [9.17, 15) is 18.0 Å². The summed E-state index contributed by atoms with van der Waals surface area (Å²) in [5, 5.41) is 2.84. The molecule has 29 heavy (non-hydrogen) atoms. The first kappa shape index (κ1) is 22.6. The van der Waals surface area contributed by atoms with Crippen molar-refractivity contribution in [2.45, 2.75) is 31.2 Å². The van der Waals surface area contributed by atoms with Crippen molar-refractivity contribution in [1.29, 1.82) is 0 Å². The molecule has 2 aromatic carbocycles. The molecule has 0 radical (unpaired) electrons. The molecule has 0 heterocycles. The largest absolute Gasteiger partial charge is 0.452 e. The predicted octanol–water partition coefficient (Wildman–Crippen LogP) is 2.67. The second-order valence-corrected chi connectivity index (χ2v) is 8.98. The highest BCUT2D eigenvalue weighted by atomic mass is 32.2. The van der Waals surface area contributed by atoms with Crippen molar-refractivity contribution >= 4 is 21.9 Å². The molecule has 0 aliphatic heterocycles. The van der Waals surface area contributed by atoms with E-state index in [4.69, 9.17) is 4.74 Å². The number of benzene rings is 2. The number of aryl methyl sites for hydroxylation is 1. The summed E-state index contributed by atoms with van der Waals surface area (Å²) in [7, 11) is -0.860. The summed E-state index contributed by atoms with van der Waals surface area (Å²) in [4.78, 5) is 24.4. The molecule has 1 amide bonds. The molecule has 0 aromatic heterocycles. The minimum atomic E-state index is -3.67. The van der Waals surface area contributed by atoms with E-state index in [2.05, 4.69) is 5.32 Å². The van der Waals surface area contributed by atoms with Gasteiger partial charge in [0.25, 0.3) is 5.91 Å². The fourth-order valence-electron chi connectivity index (χ4n) is 2.66. The zero-order valence-corrected chi connectivity index (χ0v) is 17.8. The van der Waals surface area contributed by atoms with Crippen LogP contribution in [-0.4, -0.2) is 45.3 Å². The lowest BCUT2D eigenvalue weighted by Gasteiger charge is -2.17. The summed E-state index contributed by atoms with van der Waals surface area (Å²) in [6.45, 7) is 3.49. The van der Waals surface area contributed by atoms with Crippen LogP contribution in [0.3, 0.4) is 0 Å². The Morgan fingerprint density at radius 1 is 1.10 bits per heavy atom. The number of hydrogen-bond acceptors (Lipinski definition) is 5. The van der Waals surface area contributed by atoms with Crippen molar-refractivity contribution in [3.05, 3.63) is 65.2 Å². The van der Waals surface area contributed by atoms with Gasteiger partial charge in [0.2, 0.25) is 10.0 Å². The summed E-state index contributed by atoms with van der Waals surface area (Å²) in [6.07, 6.45) is 0.688. The molecule has 0 aliphatic rings. The highest BCUT2D eigenvalue weighted by Crippen LogP contribution is 2.18. The van der Waals surface area contributed by atoms with Crippen LogP contribution in [0.2, 0.25) is 0 Å². The Hall–Kier alpha value is -2.71. The van der Waals surface area contributed by atoms with E-state index in [1.807, 2.05) is 38.1 Å². The Balaban J connectivity index is 1.99. The first-order valence-electron chi connectivity index (χ1n) is 9.20. The fourth-order valence-corrected chi connectivity index (χ4v) is 3.61. The van der Waals surface area contributed by atoms with E-state index in [-0.39, 0.29) is 16.5 Å². The summed E-state index contributed by atoms with van der Waals surface area (Å²) < 4.78 is 30.5. The SMILES string of the molecule is CC[C@@H](NC(=O)COC(=O)c1cccc(S(=O)(=O)N(C)C)c1)c1ccc(C)cc1. The number of sulfonamides is 1. The third-order valence-corrected chi connectivity index (χ3v) is 6.22. The third kappa shape index (κ3) is 5.88. The molecule has 0 fully saturated rings. The van der Waals surface area contributed by atoms with Gasteiger partial charge >= 0.3 is 5.97 Å². The summed E-state index contributed by atoms with van der Waals surface area (Å²) in [5.74, 6) is -1.19. The van der Waals surface area contributed by atoms with E-state index >= 15 is 0 Å². The second-order valence-electron chi connectivity index (χ2n) is 6.83. The molecule has 0 bridgehead atoms. The number of nitrogens with one attached hydrogen (secondary N) is 1. The number of nitrogens with zero attached hydrogens (tertiary/aromatic N) is 1. The topological polar surface area (TPSA) is 92.8 Å². The lowest BCUT2D eigenvalue weighted by atomic mass is 10.0. The zero-order valence-electron chi connectivity index (χ0n) is 17.0. The molecule has 0 saturated heterocycles. The standard InChI is InChI=1S/C21H26N2O5S/c1-5-19(16-11-9-15(2)10-12-16)22-20(24)14-28-21(25)17-7-6-8-18(13-17)29(26,27)23(3)4/h6-13,19H,5,14H2,1-4H3,(H,22,24)/t19-/m1/s1. The van der Waals surface area contributed by atoms with Gasteiger partial charge in [0.1, 0.15) is 0 Å². The van der Waals surface area contributed by atoms with Gasteiger partial charge in [-0.1, -0.05) is 42.8 Å². The first-order chi connectivity index (χ1) is 13.6. The van der Waals surface area contributed by atoms with E-state index < -0.39 is 28.5 Å². The van der Waals surface area contributed by atoms with E-state index in [1.165, 1.54) is 38.4 Å². The molecule has 0 aliphatic carbocycles. The first-order valence-corrected chi connectivity index (χ1v) is 10.6.